The molecule has 3 aliphatic rings. The first-order valence-corrected chi connectivity index (χ1v) is 10.9. The van der Waals surface area contributed by atoms with Crippen molar-refractivity contribution in [2.45, 2.75) is 71.6 Å². The van der Waals surface area contributed by atoms with Gasteiger partial charge in [-0.3, -0.25) is 4.79 Å². The van der Waals surface area contributed by atoms with Crippen LogP contribution >= 0.6 is 0 Å². The van der Waals surface area contributed by atoms with Crippen LogP contribution in [0.2, 0.25) is 0 Å². The summed E-state index contributed by atoms with van der Waals surface area (Å²) in [7, 11) is 2.27. The minimum atomic E-state index is 0.218. The van der Waals surface area contributed by atoms with E-state index in [4.69, 9.17) is 0 Å². The number of piperidine rings is 2. The van der Waals surface area contributed by atoms with Crippen LogP contribution < -0.4 is 0 Å². The molecule has 0 aromatic heterocycles. The molecule has 1 saturated carbocycles. The van der Waals surface area contributed by atoms with Gasteiger partial charge in [-0.1, -0.05) is 33.1 Å². The molecule has 0 aromatic carbocycles. The molecule has 1 amide bonds. The first kappa shape index (κ1) is 21.4. The highest BCUT2D eigenvalue weighted by Gasteiger charge is 2.29. The second kappa shape index (κ2) is 11.1. The Labute approximate surface area is 160 Å². The molecule has 4 nitrogen and oxygen atoms in total. The number of carbonyl (C=O) groups excluding carboxylic acids is 2. The van der Waals surface area contributed by atoms with Crippen LogP contribution in [0.1, 0.15) is 71.6 Å². The van der Waals surface area contributed by atoms with Gasteiger partial charge in [0.15, 0.2) is 0 Å². The number of nitrogens with zero attached hydrogens (tertiary/aromatic N) is 2. The van der Waals surface area contributed by atoms with Crippen molar-refractivity contribution in [3.05, 3.63) is 0 Å². The lowest BCUT2D eigenvalue weighted by atomic mass is 9.75. The van der Waals surface area contributed by atoms with Crippen molar-refractivity contribution in [1.82, 2.24) is 9.80 Å². The molecule has 4 atom stereocenters. The highest BCUT2D eigenvalue weighted by molar-refractivity contribution is 5.76. The molecule has 3 fully saturated rings. The van der Waals surface area contributed by atoms with E-state index in [0.29, 0.717) is 31.1 Å². The summed E-state index contributed by atoms with van der Waals surface area (Å²) in [5, 5.41) is 0. The Morgan fingerprint density at radius 1 is 1.00 bits per heavy atom. The summed E-state index contributed by atoms with van der Waals surface area (Å²) in [4.78, 5) is 26.4. The standard InChI is InChI=1S/C12H21NO2.C10H19N/c1-10-7-11(2)9-13(8-10)12(15)5-3-4-6-14;1-11-7-6-9-4-2-3-5-10(9)8-11/h6,10-11H,3-5,7-9H2,1-2H3;9-10H,2-8H2,1H3. The number of fused-ring (bicyclic) bond motifs is 1. The first-order chi connectivity index (χ1) is 12.5. The third-order valence-corrected chi connectivity index (χ3v) is 6.43. The van der Waals surface area contributed by atoms with Crippen LogP contribution in [-0.4, -0.2) is 55.2 Å². The molecule has 0 N–H and O–H groups in total. The largest absolute Gasteiger partial charge is 0.342 e. The van der Waals surface area contributed by atoms with Gasteiger partial charge < -0.3 is 14.6 Å². The Hall–Kier alpha value is -0.900. The molecule has 0 bridgehead atoms. The smallest absolute Gasteiger partial charge is 0.222 e. The van der Waals surface area contributed by atoms with E-state index in [9.17, 15) is 9.59 Å². The average Bonchev–Trinajstić information content (AvgIpc) is 2.61. The predicted octanol–water partition coefficient (Wildman–Crippen LogP) is 3.99. The van der Waals surface area contributed by atoms with E-state index < -0.39 is 0 Å². The molecular weight excluding hydrogens is 324 g/mol. The third-order valence-electron chi connectivity index (χ3n) is 6.43. The molecule has 0 radical (unpaired) electrons. The molecular formula is C22H40N2O2. The van der Waals surface area contributed by atoms with Crippen molar-refractivity contribution in [3.8, 4) is 0 Å². The first-order valence-electron chi connectivity index (χ1n) is 10.9. The maximum absolute atomic E-state index is 11.8. The summed E-state index contributed by atoms with van der Waals surface area (Å²) < 4.78 is 0. The molecule has 2 aliphatic heterocycles. The Kier molecular flexibility index (Phi) is 9.10. The van der Waals surface area contributed by atoms with Gasteiger partial charge in [-0.15, -0.1) is 0 Å². The monoisotopic (exact) mass is 364 g/mol. The number of carbonyl (C=O) groups is 2. The van der Waals surface area contributed by atoms with Gasteiger partial charge in [0, 0.05) is 32.5 Å². The Balaban J connectivity index is 0.000000195. The Morgan fingerprint density at radius 2 is 1.65 bits per heavy atom. The third kappa shape index (κ3) is 7.02. The van der Waals surface area contributed by atoms with Crippen molar-refractivity contribution in [2.75, 3.05) is 33.2 Å². The molecule has 1 aliphatic carbocycles. The minimum absolute atomic E-state index is 0.218. The Morgan fingerprint density at radius 3 is 2.31 bits per heavy atom. The van der Waals surface area contributed by atoms with Crippen molar-refractivity contribution in [2.24, 2.45) is 23.7 Å². The quantitative estimate of drug-likeness (QED) is 0.559. The van der Waals surface area contributed by atoms with Gasteiger partial charge in [0.05, 0.1) is 0 Å². The number of unbranched alkanes of at least 4 members (excludes halogenated alkanes) is 1. The second-order valence-corrected chi connectivity index (χ2v) is 9.16. The fourth-order valence-electron chi connectivity index (χ4n) is 5.14. The van der Waals surface area contributed by atoms with E-state index in [2.05, 4.69) is 25.8 Å². The second-order valence-electron chi connectivity index (χ2n) is 9.16. The van der Waals surface area contributed by atoms with Crippen LogP contribution in [0.4, 0.5) is 0 Å². The zero-order chi connectivity index (χ0) is 18.9. The van der Waals surface area contributed by atoms with Gasteiger partial charge in [-0.25, -0.2) is 0 Å². The lowest BCUT2D eigenvalue weighted by Crippen LogP contribution is -2.42. The summed E-state index contributed by atoms with van der Waals surface area (Å²) in [6.45, 7) is 8.91. The molecule has 2 saturated heterocycles. The summed E-state index contributed by atoms with van der Waals surface area (Å²) in [6, 6.07) is 0. The van der Waals surface area contributed by atoms with Crippen LogP contribution in [0.5, 0.6) is 0 Å². The van der Waals surface area contributed by atoms with Gasteiger partial charge in [0.25, 0.3) is 0 Å². The van der Waals surface area contributed by atoms with Crippen molar-refractivity contribution >= 4 is 12.2 Å². The van der Waals surface area contributed by atoms with Gasteiger partial charge in [-0.05, 0) is 62.9 Å². The van der Waals surface area contributed by atoms with Crippen molar-refractivity contribution in [1.29, 1.82) is 0 Å². The summed E-state index contributed by atoms with van der Waals surface area (Å²) in [5.41, 5.74) is 0. The van der Waals surface area contributed by atoms with E-state index in [0.717, 1.165) is 31.2 Å². The highest BCUT2D eigenvalue weighted by Crippen LogP contribution is 2.35. The van der Waals surface area contributed by atoms with Crippen LogP contribution in [-0.2, 0) is 9.59 Å². The minimum Gasteiger partial charge on any atom is -0.342 e. The number of amides is 1. The molecule has 0 aromatic rings. The molecule has 4 unspecified atom stereocenters. The van der Waals surface area contributed by atoms with Gasteiger partial charge in [0.2, 0.25) is 5.91 Å². The van der Waals surface area contributed by atoms with E-state index in [1.165, 1.54) is 51.6 Å². The predicted molar refractivity (Wildman–Crippen MR) is 107 cm³/mol. The Bertz CT molecular complexity index is 430. The lowest BCUT2D eigenvalue weighted by molar-refractivity contribution is -0.134. The van der Waals surface area contributed by atoms with Gasteiger partial charge in [-0.2, -0.15) is 0 Å². The van der Waals surface area contributed by atoms with Crippen LogP contribution in [0.3, 0.4) is 0 Å². The molecule has 150 valence electrons. The fourth-order valence-corrected chi connectivity index (χ4v) is 5.14. The average molecular weight is 365 g/mol. The van der Waals surface area contributed by atoms with E-state index in [1.54, 1.807) is 0 Å². The van der Waals surface area contributed by atoms with Crippen LogP contribution in [0.25, 0.3) is 0 Å². The number of hydrogen-bond donors (Lipinski definition) is 0. The zero-order valence-electron chi connectivity index (χ0n) is 17.3. The van der Waals surface area contributed by atoms with E-state index in [1.807, 2.05) is 4.90 Å². The topological polar surface area (TPSA) is 40.6 Å². The maximum Gasteiger partial charge on any atom is 0.222 e. The summed E-state index contributed by atoms with van der Waals surface area (Å²) in [5.74, 6) is 3.60. The molecule has 3 rings (SSSR count). The number of likely N-dealkylation sites (tertiary alicyclic amines) is 2. The fraction of sp³-hybridized carbons (Fsp3) is 0.909. The molecule has 26 heavy (non-hydrogen) atoms. The van der Waals surface area contributed by atoms with E-state index >= 15 is 0 Å². The molecule has 4 heteroatoms. The van der Waals surface area contributed by atoms with Gasteiger partial charge >= 0.3 is 0 Å². The van der Waals surface area contributed by atoms with Crippen LogP contribution in [0.15, 0.2) is 0 Å². The molecule has 0 spiro atoms. The number of aldehydes is 1. The molecule has 2 heterocycles. The summed E-state index contributed by atoms with van der Waals surface area (Å²) >= 11 is 0. The van der Waals surface area contributed by atoms with E-state index in [-0.39, 0.29) is 5.91 Å². The highest BCUT2D eigenvalue weighted by atomic mass is 16.2. The normalized spacial score (nSPS) is 32.2. The van der Waals surface area contributed by atoms with Gasteiger partial charge in [0.1, 0.15) is 6.29 Å². The SMILES string of the molecule is CC1CC(C)CN(C(=O)CCCC=O)C1.CN1CCC2CCCCC2C1. The van der Waals surface area contributed by atoms with Crippen molar-refractivity contribution < 1.29 is 9.59 Å². The van der Waals surface area contributed by atoms with Crippen molar-refractivity contribution in [3.63, 3.8) is 0 Å². The number of rotatable bonds is 4. The summed E-state index contributed by atoms with van der Waals surface area (Å²) in [6.07, 6.45) is 11.3. The maximum atomic E-state index is 11.8. The number of hydrogen-bond acceptors (Lipinski definition) is 3. The van der Waals surface area contributed by atoms with Crippen LogP contribution in [0, 0.1) is 23.7 Å². The zero-order valence-corrected chi connectivity index (χ0v) is 17.3. The lowest BCUT2D eigenvalue weighted by Gasteiger charge is -2.39.